The van der Waals surface area contributed by atoms with Gasteiger partial charge in [0, 0.05) is 30.8 Å². The fourth-order valence-electron chi connectivity index (χ4n) is 3.44. The molecule has 0 bridgehead atoms. The minimum absolute atomic E-state index is 0.0737. The minimum Gasteiger partial charge on any atom is -0.344 e. The molecule has 0 radical (unpaired) electrons. The maximum atomic E-state index is 13.3. The number of halogens is 2. The van der Waals surface area contributed by atoms with Crippen molar-refractivity contribution in [1.29, 1.82) is 0 Å². The topological polar surface area (TPSA) is 95.6 Å². The van der Waals surface area contributed by atoms with Crippen molar-refractivity contribution in [2.75, 3.05) is 18.4 Å². The smallest absolute Gasteiger partial charge is 0.246 e. The number of carbonyl (C=O) groups excluding carboxylic acids is 2. The number of rotatable bonds is 6. The van der Waals surface area contributed by atoms with Crippen molar-refractivity contribution >= 4 is 27.5 Å². The van der Waals surface area contributed by atoms with Crippen LogP contribution in [0.2, 0.25) is 0 Å². The monoisotopic (exact) mass is 465 g/mol. The Morgan fingerprint density at radius 3 is 2.25 bits per heavy atom. The molecule has 0 saturated carbocycles. The summed E-state index contributed by atoms with van der Waals surface area (Å²) in [5.74, 6) is -3.49. The molecule has 1 heterocycles. The van der Waals surface area contributed by atoms with Crippen LogP contribution in [0.25, 0.3) is 0 Å². The first kappa shape index (κ1) is 23.8. The van der Waals surface area contributed by atoms with Gasteiger partial charge >= 0.3 is 0 Å². The molecule has 2 aromatic rings. The van der Waals surface area contributed by atoms with Gasteiger partial charge in [0.05, 0.1) is 4.90 Å². The normalized spacial score (nSPS) is 16.4. The molecule has 1 atom stereocenters. The Balaban J connectivity index is 1.53. The van der Waals surface area contributed by atoms with Crippen LogP contribution in [0.3, 0.4) is 0 Å². The van der Waals surface area contributed by atoms with E-state index in [2.05, 4.69) is 10.6 Å². The summed E-state index contributed by atoms with van der Waals surface area (Å²) in [5, 5.41) is 5.02. The van der Waals surface area contributed by atoms with E-state index in [0.717, 1.165) is 17.7 Å². The predicted octanol–water partition coefficient (Wildman–Crippen LogP) is 2.82. The van der Waals surface area contributed by atoms with E-state index in [4.69, 9.17) is 0 Å². The number of carbonyl (C=O) groups is 2. The second-order valence-corrected chi connectivity index (χ2v) is 9.78. The van der Waals surface area contributed by atoms with Gasteiger partial charge in [0.25, 0.3) is 0 Å². The van der Waals surface area contributed by atoms with Gasteiger partial charge in [-0.2, -0.15) is 4.31 Å². The molecule has 1 saturated heterocycles. The molecule has 2 aromatic carbocycles. The summed E-state index contributed by atoms with van der Waals surface area (Å²) in [6.07, 6.45) is 0.656. The van der Waals surface area contributed by atoms with E-state index in [-0.39, 0.29) is 29.6 Å². The van der Waals surface area contributed by atoms with E-state index < -0.39 is 39.5 Å². The third-order valence-electron chi connectivity index (χ3n) is 5.42. The predicted molar refractivity (Wildman–Crippen MR) is 115 cm³/mol. The summed E-state index contributed by atoms with van der Waals surface area (Å²) in [4.78, 5) is 25.0. The molecule has 1 aliphatic rings. The Bertz CT molecular complexity index is 1100. The van der Waals surface area contributed by atoms with Crippen LogP contribution in [-0.4, -0.2) is 43.7 Å². The minimum atomic E-state index is -3.63. The Morgan fingerprint density at radius 1 is 1.03 bits per heavy atom. The van der Waals surface area contributed by atoms with Crippen LogP contribution in [0.5, 0.6) is 0 Å². The van der Waals surface area contributed by atoms with Crippen LogP contribution in [-0.2, 0) is 19.6 Å². The van der Waals surface area contributed by atoms with Crippen LogP contribution >= 0.6 is 0 Å². The largest absolute Gasteiger partial charge is 0.344 e. The molecule has 2 amide bonds. The van der Waals surface area contributed by atoms with Crippen molar-refractivity contribution in [2.24, 2.45) is 5.92 Å². The van der Waals surface area contributed by atoms with E-state index in [1.165, 1.54) is 17.3 Å². The van der Waals surface area contributed by atoms with Crippen molar-refractivity contribution in [3.8, 4) is 0 Å². The molecule has 172 valence electrons. The van der Waals surface area contributed by atoms with Gasteiger partial charge in [-0.3, -0.25) is 9.59 Å². The number of sulfonamides is 1. The number of benzene rings is 2. The third-order valence-corrected chi connectivity index (χ3v) is 7.34. The summed E-state index contributed by atoms with van der Waals surface area (Å²) < 4.78 is 53.2. The van der Waals surface area contributed by atoms with Crippen LogP contribution < -0.4 is 10.6 Å². The molecule has 7 nitrogen and oxygen atoms in total. The highest BCUT2D eigenvalue weighted by Gasteiger charge is 2.33. The molecular formula is C22H25F2N3O4S. The molecule has 0 aromatic heterocycles. The molecule has 1 aliphatic heterocycles. The van der Waals surface area contributed by atoms with Gasteiger partial charge in [-0.15, -0.1) is 0 Å². The molecule has 1 unspecified atom stereocenters. The Labute approximate surface area is 185 Å². The van der Waals surface area contributed by atoms with E-state index >= 15 is 0 Å². The lowest BCUT2D eigenvalue weighted by molar-refractivity contribution is -0.129. The molecule has 0 aliphatic carbocycles. The first-order valence-electron chi connectivity index (χ1n) is 10.2. The number of piperidine rings is 1. The highest BCUT2D eigenvalue weighted by atomic mass is 32.2. The fourth-order valence-corrected chi connectivity index (χ4v) is 4.91. The van der Waals surface area contributed by atoms with Gasteiger partial charge in [-0.1, -0.05) is 17.7 Å². The van der Waals surface area contributed by atoms with Gasteiger partial charge in [0.1, 0.15) is 6.04 Å². The van der Waals surface area contributed by atoms with E-state index in [9.17, 15) is 26.8 Å². The maximum Gasteiger partial charge on any atom is 0.246 e. The summed E-state index contributed by atoms with van der Waals surface area (Å²) in [7, 11) is -3.63. The van der Waals surface area contributed by atoms with E-state index in [1.807, 2.05) is 6.92 Å². The molecule has 1 fully saturated rings. The van der Waals surface area contributed by atoms with Crippen molar-refractivity contribution in [3.63, 3.8) is 0 Å². The maximum absolute atomic E-state index is 13.3. The van der Waals surface area contributed by atoms with Gasteiger partial charge in [0.15, 0.2) is 11.6 Å². The van der Waals surface area contributed by atoms with Crippen molar-refractivity contribution in [1.82, 2.24) is 9.62 Å². The number of nitrogens with one attached hydrogen (secondary N) is 2. The number of hydrogen-bond donors (Lipinski definition) is 2. The average Bonchev–Trinajstić information content (AvgIpc) is 2.76. The van der Waals surface area contributed by atoms with Crippen LogP contribution in [0, 0.1) is 24.5 Å². The lowest BCUT2D eigenvalue weighted by atomic mass is 9.97. The van der Waals surface area contributed by atoms with Crippen molar-refractivity contribution in [3.05, 3.63) is 59.7 Å². The Kier molecular flexibility index (Phi) is 7.25. The molecular weight excluding hydrogens is 440 g/mol. The van der Waals surface area contributed by atoms with E-state index in [1.54, 1.807) is 24.3 Å². The summed E-state index contributed by atoms with van der Waals surface area (Å²) >= 11 is 0. The lowest BCUT2D eigenvalue weighted by Gasteiger charge is -2.31. The summed E-state index contributed by atoms with van der Waals surface area (Å²) in [6.45, 7) is 3.75. The number of nitrogens with zero attached hydrogens (tertiary/aromatic N) is 1. The second kappa shape index (κ2) is 9.74. The first-order valence-corrected chi connectivity index (χ1v) is 11.6. The summed E-state index contributed by atoms with van der Waals surface area (Å²) in [6, 6.07) is 8.66. The highest BCUT2D eigenvalue weighted by molar-refractivity contribution is 7.89. The number of anilines is 1. The molecule has 10 heteroatoms. The molecule has 32 heavy (non-hydrogen) atoms. The van der Waals surface area contributed by atoms with Gasteiger partial charge < -0.3 is 10.6 Å². The average molecular weight is 466 g/mol. The number of hydrogen-bond acceptors (Lipinski definition) is 4. The summed E-state index contributed by atoms with van der Waals surface area (Å²) in [5.41, 5.74) is 1.03. The zero-order valence-electron chi connectivity index (χ0n) is 17.8. The number of aryl methyl sites for hydroxylation is 1. The second-order valence-electron chi connectivity index (χ2n) is 7.84. The SMILES string of the molecule is Cc1ccc(S(=O)(=O)N2CCC(C(=O)NC(C)C(=O)Nc3ccc(F)c(F)c3)CC2)cc1. The Hall–Kier alpha value is -2.85. The van der Waals surface area contributed by atoms with Gasteiger partial charge in [0.2, 0.25) is 21.8 Å². The van der Waals surface area contributed by atoms with Crippen molar-refractivity contribution in [2.45, 2.75) is 37.6 Å². The van der Waals surface area contributed by atoms with Gasteiger partial charge in [-0.25, -0.2) is 17.2 Å². The number of amides is 2. The molecule has 2 N–H and O–H groups in total. The Morgan fingerprint density at radius 2 is 1.66 bits per heavy atom. The zero-order valence-corrected chi connectivity index (χ0v) is 18.6. The quantitative estimate of drug-likeness (QED) is 0.686. The highest BCUT2D eigenvalue weighted by Crippen LogP contribution is 2.24. The van der Waals surface area contributed by atoms with Crippen LogP contribution in [0.4, 0.5) is 14.5 Å². The van der Waals surface area contributed by atoms with Crippen molar-refractivity contribution < 1.29 is 26.8 Å². The third kappa shape index (κ3) is 5.49. The molecule has 0 spiro atoms. The van der Waals surface area contributed by atoms with E-state index in [0.29, 0.717) is 12.8 Å². The standard InChI is InChI=1S/C22H25F2N3O4S/c1-14-3-6-18(7-4-14)32(30,31)27-11-9-16(10-12-27)22(29)25-15(2)21(28)26-17-5-8-19(23)20(24)13-17/h3-8,13,15-16H,9-12H2,1-2H3,(H,25,29)(H,26,28). The van der Waals surface area contributed by atoms with Crippen LogP contribution in [0.15, 0.2) is 47.4 Å². The van der Waals surface area contributed by atoms with Gasteiger partial charge in [-0.05, 0) is 51.0 Å². The first-order chi connectivity index (χ1) is 15.1. The lowest BCUT2D eigenvalue weighted by Crippen LogP contribution is -2.47. The molecule has 3 rings (SSSR count). The zero-order chi connectivity index (χ0) is 23.5. The van der Waals surface area contributed by atoms with Crippen LogP contribution in [0.1, 0.15) is 25.3 Å². The fraction of sp³-hybridized carbons (Fsp3) is 0.364.